The highest BCUT2D eigenvalue weighted by Crippen LogP contribution is 2.02. The third-order valence-electron chi connectivity index (χ3n) is 3.70. The van der Waals surface area contributed by atoms with E-state index in [1.807, 2.05) is 0 Å². The van der Waals surface area contributed by atoms with Gasteiger partial charge >= 0.3 is 0 Å². The lowest BCUT2D eigenvalue weighted by Gasteiger charge is -2.16. The number of nitrogens with one attached hydrogen (secondary N) is 1. The lowest BCUT2D eigenvalue weighted by molar-refractivity contribution is -0.122. The minimum atomic E-state index is -0.498. The first-order chi connectivity index (χ1) is 11.7. The zero-order valence-electron chi connectivity index (χ0n) is 16.0. The van der Waals surface area contributed by atoms with Crippen LogP contribution in [0.1, 0.15) is 13.3 Å². The Morgan fingerprint density at radius 2 is 1.38 bits per heavy atom. The SMILES string of the molecule is COC(CO[SiH2]CCCNCC(C)C[SiH2]OCC(OC)OC)OC. The van der Waals surface area contributed by atoms with Gasteiger partial charge in [-0.05, 0) is 37.5 Å². The summed E-state index contributed by atoms with van der Waals surface area (Å²) in [5.74, 6) is 0.651. The van der Waals surface area contributed by atoms with Crippen molar-refractivity contribution in [2.45, 2.75) is 38.0 Å². The summed E-state index contributed by atoms with van der Waals surface area (Å²) < 4.78 is 31.7. The summed E-state index contributed by atoms with van der Waals surface area (Å²) in [5, 5.41) is 3.51. The molecule has 0 aromatic rings. The fourth-order valence-electron chi connectivity index (χ4n) is 2.01. The molecule has 146 valence electrons. The molecule has 0 spiro atoms. The van der Waals surface area contributed by atoms with Crippen LogP contribution in [0.5, 0.6) is 0 Å². The van der Waals surface area contributed by atoms with Gasteiger partial charge in [0, 0.05) is 28.4 Å². The molecule has 0 aromatic heterocycles. The van der Waals surface area contributed by atoms with Crippen LogP contribution >= 0.6 is 0 Å². The Hall–Kier alpha value is 0.154. The van der Waals surface area contributed by atoms with Gasteiger partial charge in [0.15, 0.2) is 32.1 Å². The standard InChI is InChI=1S/C15H37NO6Si2/c1-13(12-24-22-11-15(19-4)20-5)9-16-7-6-8-23-21-10-14(17-2)18-3/h13-16H,6-12,23-24H2,1-5H3. The van der Waals surface area contributed by atoms with Crippen molar-refractivity contribution in [1.82, 2.24) is 5.32 Å². The van der Waals surface area contributed by atoms with E-state index in [4.69, 9.17) is 27.8 Å². The van der Waals surface area contributed by atoms with Gasteiger partial charge in [-0.2, -0.15) is 0 Å². The second-order valence-corrected chi connectivity index (χ2v) is 8.67. The Kier molecular flexibility index (Phi) is 18.1. The highest BCUT2D eigenvalue weighted by Gasteiger charge is 2.07. The topological polar surface area (TPSA) is 67.4 Å². The summed E-state index contributed by atoms with van der Waals surface area (Å²) >= 11 is 0. The highest BCUT2D eigenvalue weighted by atomic mass is 28.2. The summed E-state index contributed by atoms with van der Waals surface area (Å²) in [5.41, 5.74) is 0. The van der Waals surface area contributed by atoms with E-state index in [1.54, 1.807) is 28.4 Å². The van der Waals surface area contributed by atoms with E-state index in [0.29, 0.717) is 19.1 Å². The Morgan fingerprint density at radius 1 is 0.833 bits per heavy atom. The van der Waals surface area contributed by atoms with Crippen molar-refractivity contribution in [1.29, 1.82) is 0 Å². The van der Waals surface area contributed by atoms with E-state index in [0.717, 1.165) is 13.1 Å². The molecule has 0 saturated carbocycles. The molecule has 1 unspecified atom stereocenters. The molecule has 0 amide bonds. The van der Waals surface area contributed by atoms with Crippen molar-refractivity contribution >= 4 is 19.5 Å². The number of hydrogen-bond donors (Lipinski definition) is 1. The van der Waals surface area contributed by atoms with E-state index in [1.165, 1.54) is 18.5 Å². The van der Waals surface area contributed by atoms with Gasteiger partial charge < -0.3 is 33.1 Å². The third kappa shape index (κ3) is 14.5. The highest BCUT2D eigenvalue weighted by molar-refractivity contribution is 6.27. The Morgan fingerprint density at radius 3 is 1.92 bits per heavy atom. The molecule has 0 aliphatic heterocycles. The molecule has 0 bridgehead atoms. The second-order valence-electron chi connectivity index (χ2n) is 5.76. The second kappa shape index (κ2) is 18.0. The van der Waals surface area contributed by atoms with Gasteiger partial charge in [-0.3, -0.25) is 0 Å². The molecule has 0 radical (unpaired) electrons. The lowest BCUT2D eigenvalue weighted by Crippen LogP contribution is -2.25. The summed E-state index contributed by atoms with van der Waals surface area (Å²) in [7, 11) is 5.56. The van der Waals surface area contributed by atoms with E-state index in [-0.39, 0.29) is 12.6 Å². The van der Waals surface area contributed by atoms with Crippen LogP contribution in [0.4, 0.5) is 0 Å². The first-order valence-electron chi connectivity index (χ1n) is 8.65. The van der Waals surface area contributed by atoms with Crippen LogP contribution in [0.2, 0.25) is 12.1 Å². The molecule has 24 heavy (non-hydrogen) atoms. The maximum absolute atomic E-state index is 5.69. The van der Waals surface area contributed by atoms with E-state index in [2.05, 4.69) is 12.2 Å². The van der Waals surface area contributed by atoms with Crippen LogP contribution < -0.4 is 5.32 Å². The van der Waals surface area contributed by atoms with Crippen LogP contribution in [0.15, 0.2) is 0 Å². The fraction of sp³-hybridized carbons (Fsp3) is 1.00. The molecule has 7 nitrogen and oxygen atoms in total. The van der Waals surface area contributed by atoms with E-state index < -0.39 is 19.5 Å². The average molecular weight is 384 g/mol. The van der Waals surface area contributed by atoms with Gasteiger partial charge in [-0.15, -0.1) is 0 Å². The van der Waals surface area contributed by atoms with Crippen molar-refractivity contribution in [3.05, 3.63) is 0 Å². The predicted octanol–water partition coefficient (Wildman–Crippen LogP) is -0.123. The molecule has 0 aromatic carbocycles. The fourth-order valence-corrected chi connectivity index (χ4v) is 4.16. The Bertz CT molecular complexity index is 258. The van der Waals surface area contributed by atoms with Crippen LogP contribution in [-0.4, -0.2) is 86.8 Å². The van der Waals surface area contributed by atoms with Gasteiger partial charge in [0.1, 0.15) is 0 Å². The molecule has 1 atom stereocenters. The minimum absolute atomic E-state index is 0.231. The number of methoxy groups -OCH3 is 4. The van der Waals surface area contributed by atoms with Crippen LogP contribution in [0, 0.1) is 5.92 Å². The quantitative estimate of drug-likeness (QED) is 0.201. The van der Waals surface area contributed by atoms with E-state index in [9.17, 15) is 0 Å². The number of rotatable bonds is 18. The molecular formula is C15H37NO6Si2. The summed E-state index contributed by atoms with van der Waals surface area (Å²) in [6.07, 6.45) is 0.701. The van der Waals surface area contributed by atoms with Crippen molar-refractivity contribution in [3.8, 4) is 0 Å². The monoisotopic (exact) mass is 383 g/mol. The average Bonchev–Trinajstić information content (AvgIpc) is 2.60. The molecule has 0 fully saturated rings. The first kappa shape index (κ1) is 24.2. The zero-order chi connectivity index (χ0) is 18.0. The Balaban J connectivity index is 3.33. The lowest BCUT2D eigenvalue weighted by atomic mass is 10.2. The number of hydrogen-bond acceptors (Lipinski definition) is 7. The van der Waals surface area contributed by atoms with Gasteiger partial charge in [0.05, 0.1) is 13.2 Å². The molecule has 0 aliphatic carbocycles. The molecule has 1 N–H and O–H groups in total. The third-order valence-corrected chi connectivity index (χ3v) is 6.76. The van der Waals surface area contributed by atoms with Gasteiger partial charge in [0.2, 0.25) is 0 Å². The molecule has 0 heterocycles. The maximum Gasteiger partial charge on any atom is 0.178 e. The number of ether oxygens (including phenoxy) is 4. The summed E-state index contributed by atoms with van der Waals surface area (Å²) in [6, 6.07) is 2.34. The minimum Gasteiger partial charge on any atom is -0.419 e. The molecule has 9 heteroatoms. The van der Waals surface area contributed by atoms with Gasteiger partial charge in [-0.25, -0.2) is 0 Å². The molecular weight excluding hydrogens is 346 g/mol. The van der Waals surface area contributed by atoms with Crippen molar-refractivity contribution in [2.24, 2.45) is 5.92 Å². The summed E-state index contributed by atoms with van der Waals surface area (Å²) in [4.78, 5) is 0. The van der Waals surface area contributed by atoms with Crippen molar-refractivity contribution in [2.75, 3.05) is 54.7 Å². The van der Waals surface area contributed by atoms with Crippen molar-refractivity contribution < 1.29 is 27.8 Å². The van der Waals surface area contributed by atoms with Crippen LogP contribution in [0.3, 0.4) is 0 Å². The zero-order valence-corrected chi connectivity index (χ0v) is 18.9. The summed E-state index contributed by atoms with van der Waals surface area (Å²) in [6.45, 7) is 5.45. The molecule has 0 aliphatic rings. The van der Waals surface area contributed by atoms with Gasteiger partial charge in [-0.1, -0.05) is 6.92 Å². The molecule has 0 rings (SSSR count). The smallest absolute Gasteiger partial charge is 0.178 e. The van der Waals surface area contributed by atoms with Gasteiger partial charge in [0.25, 0.3) is 0 Å². The van der Waals surface area contributed by atoms with Crippen molar-refractivity contribution in [3.63, 3.8) is 0 Å². The van der Waals surface area contributed by atoms with Crippen LogP contribution in [0.25, 0.3) is 0 Å². The maximum atomic E-state index is 5.69. The molecule has 0 saturated heterocycles. The predicted molar refractivity (Wildman–Crippen MR) is 101 cm³/mol. The van der Waals surface area contributed by atoms with Crippen LogP contribution in [-0.2, 0) is 27.8 Å². The largest absolute Gasteiger partial charge is 0.419 e. The van der Waals surface area contributed by atoms with E-state index >= 15 is 0 Å². The first-order valence-corrected chi connectivity index (χ1v) is 11.8. The Labute approximate surface area is 151 Å². The normalized spacial score (nSPS) is 14.1.